The second-order valence-electron chi connectivity index (χ2n) is 20.1. The number of aliphatic hydroxyl groups is 7. The third-order valence-corrected chi connectivity index (χ3v) is 17.8. The Bertz CT molecular complexity index is 1340. The van der Waals surface area contributed by atoms with Crippen molar-refractivity contribution >= 4 is 0 Å². The van der Waals surface area contributed by atoms with Crippen LogP contribution < -0.4 is 0 Å². The van der Waals surface area contributed by atoms with E-state index in [0.29, 0.717) is 35.5 Å². The van der Waals surface area contributed by atoms with E-state index >= 15 is 0 Å². The second-order valence-corrected chi connectivity index (χ2v) is 20.1. The molecule has 51 heavy (non-hydrogen) atoms. The van der Waals surface area contributed by atoms with E-state index in [0.717, 1.165) is 19.3 Å². The molecule has 19 atom stereocenters. The summed E-state index contributed by atoms with van der Waals surface area (Å²) < 4.78 is 17.3. The van der Waals surface area contributed by atoms with Gasteiger partial charge in [-0.2, -0.15) is 0 Å². The van der Waals surface area contributed by atoms with Crippen LogP contribution in [0.4, 0.5) is 0 Å². The van der Waals surface area contributed by atoms with Crippen molar-refractivity contribution in [1.29, 1.82) is 0 Å². The number of hydrogen-bond donors (Lipinski definition) is 7. The van der Waals surface area contributed by atoms with Gasteiger partial charge in [-0.3, -0.25) is 0 Å². The fourth-order valence-electron chi connectivity index (χ4n) is 15.1. The maximum Gasteiger partial charge on any atom is 0.186 e. The van der Waals surface area contributed by atoms with Gasteiger partial charge in [0.25, 0.3) is 0 Å². The Balaban J connectivity index is 1.21. The first-order chi connectivity index (χ1) is 23.7. The molecule has 2 heterocycles. The molecule has 5 aliphatic carbocycles. The lowest BCUT2D eigenvalue weighted by molar-refractivity contribution is -0.385. The summed E-state index contributed by atoms with van der Waals surface area (Å²) in [5, 5.41) is 77.2. The van der Waals surface area contributed by atoms with Crippen LogP contribution in [0, 0.1) is 62.6 Å². The minimum absolute atomic E-state index is 0.0219. The van der Waals surface area contributed by atoms with Crippen LogP contribution in [0.2, 0.25) is 0 Å². The lowest BCUT2D eigenvalue weighted by Crippen LogP contribution is -2.75. The van der Waals surface area contributed by atoms with Crippen LogP contribution >= 0.6 is 0 Å². The average Bonchev–Trinajstić information content (AvgIpc) is 3.42. The highest BCUT2D eigenvalue weighted by molar-refractivity contribution is 5.22. The number of aliphatic hydroxyl groups excluding tert-OH is 6. The van der Waals surface area contributed by atoms with Gasteiger partial charge in [0.15, 0.2) is 12.6 Å². The van der Waals surface area contributed by atoms with Gasteiger partial charge in [-0.05, 0) is 134 Å². The van der Waals surface area contributed by atoms with Gasteiger partial charge in [-0.1, -0.05) is 53.7 Å². The van der Waals surface area contributed by atoms with Crippen LogP contribution in [-0.4, -0.2) is 104 Å². The quantitative estimate of drug-likeness (QED) is 0.207. The molecule has 7 N–H and O–H groups in total. The molecule has 5 saturated carbocycles. The largest absolute Gasteiger partial charge is 0.394 e. The molecule has 7 fully saturated rings. The third kappa shape index (κ3) is 5.23. The van der Waals surface area contributed by atoms with Crippen LogP contribution in [-0.2, 0) is 14.2 Å². The molecule has 0 bridgehead atoms. The van der Waals surface area contributed by atoms with Crippen LogP contribution in [0.5, 0.6) is 0 Å². The molecule has 292 valence electrons. The minimum Gasteiger partial charge on any atom is -0.394 e. The number of rotatable bonds is 5. The summed E-state index contributed by atoms with van der Waals surface area (Å²) in [6.07, 6.45) is -1.21. The lowest BCUT2D eigenvalue weighted by Gasteiger charge is -2.74. The molecule has 7 aliphatic rings. The molecule has 10 nitrogen and oxygen atoms in total. The molecule has 2 unspecified atom stereocenters. The second kappa shape index (κ2) is 12.7. The minimum atomic E-state index is -2.10. The van der Waals surface area contributed by atoms with Crippen molar-refractivity contribution in [2.75, 3.05) is 13.2 Å². The zero-order valence-electron chi connectivity index (χ0n) is 32.1. The highest BCUT2D eigenvalue weighted by Gasteiger charge is 2.73. The number of hydrogen-bond acceptors (Lipinski definition) is 10. The monoisotopic (exact) mass is 720 g/mol. The van der Waals surface area contributed by atoms with E-state index in [2.05, 4.69) is 55.0 Å². The van der Waals surface area contributed by atoms with Crippen molar-refractivity contribution < 1.29 is 50.0 Å². The Labute approximate surface area is 305 Å². The summed E-state index contributed by atoms with van der Waals surface area (Å²) in [4.78, 5) is 0. The van der Waals surface area contributed by atoms with E-state index in [9.17, 15) is 35.7 Å². The molecule has 7 rings (SSSR count). The first-order valence-electron chi connectivity index (χ1n) is 20.0. The highest BCUT2D eigenvalue weighted by Crippen LogP contribution is 2.78. The maximum atomic E-state index is 12.9. The van der Waals surface area contributed by atoms with Gasteiger partial charge in [0.1, 0.15) is 42.2 Å². The molecular formula is C41H68O10. The van der Waals surface area contributed by atoms with Gasteiger partial charge in [0.05, 0.1) is 13.2 Å². The van der Waals surface area contributed by atoms with E-state index in [1.54, 1.807) is 0 Å². The van der Waals surface area contributed by atoms with Gasteiger partial charge in [0.2, 0.25) is 0 Å². The van der Waals surface area contributed by atoms with Crippen molar-refractivity contribution in [3.05, 3.63) is 12.2 Å². The fraction of sp³-hybridized carbons (Fsp3) is 0.951. The molecule has 0 radical (unpaired) electrons. The molecule has 2 saturated heterocycles. The molecule has 2 aliphatic heterocycles. The van der Waals surface area contributed by atoms with Gasteiger partial charge < -0.3 is 50.0 Å². The van der Waals surface area contributed by atoms with Gasteiger partial charge in [-0.25, -0.2) is 0 Å². The molecular weight excluding hydrogens is 652 g/mol. The van der Waals surface area contributed by atoms with Crippen molar-refractivity contribution in [3.8, 4) is 0 Å². The Hall–Kier alpha value is -0.660. The van der Waals surface area contributed by atoms with Gasteiger partial charge in [0, 0.05) is 0 Å². The number of allylic oxidation sites excluding steroid dienone is 1. The Morgan fingerprint density at radius 1 is 0.784 bits per heavy atom. The van der Waals surface area contributed by atoms with Crippen LogP contribution in [0.15, 0.2) is 12.2 Å². The van der Waals surface area contributed by atoms with Crippen LogP contribution in [0.1, 0.15) is 113 Å². The van der Waals surface area contributed by atoms with Gasteiger partial charge >= 0.3 is 0 Å². The van der Waals surface area contributed by atoms with Crippen molar-refractivity contribution in [2.24, 2.45) is 62.6 Å². The number of ether oxygens (including phenoxy) is 3. The zero-order chi connectivity index (χ0) is 37.3. The zero-order valence-corrected chi connectivity index (χ0v) is 32.1. The fourth-order valence-corrected chi connectivity index (χ4v) is 15.1. The van der Waals surface area contributed by atoms with Crippen LogP contribution in [0.3, 0.4) is 0 Å². The van der Waals surface area contributed by atoms with Crippen molar-refractivity contribution in [3.63, 3.8) is 0 Å². The summed E-state index contributed by atoms with van der Waals surface area (Å²) in [7, 11) is 0. The molecule has 0 amide bonds. The smallest absolute Gasteiger partial charge is 0.186 e. The first-order valence-corrected chi connectivity index (χ1v) is 20.0. The van der Waals surface area contributed by atoms with E-state index in [-0.39, 0.29) is 28.8 Å². The summed E-state index contributed by atoms with van der Waals surface area (Å²) in [6, 6.07) is 0. The Morgan fingerprint density at radius 2 is 1.47 bits per heavy atom. The predicted molar refractivity (Wildman–Crippen MR) is 190 cm³/mol. The summed E-state index contributed by atoms with van der Waals surface area (Å²) in [5.74, 6) is 2.09. The topological polar surface area (TPSA) is 169 Å². The van der Waals surface area contributed by atoms with Crippen molar-refractivity contribution in [1.82, 2.24) is 0 Å². The molecule has 10 heteroatoms. The van der Waals surface area contributed by atoms with E-state index < -0.39 is 72.7 Å². The van der Waals surface area contributed by atoms with E-state index in [4.69, 9.17) is 14.2 Å². The standard InChI is InChI=1S/C41H68O10/c1-21(2)22-11-14-37(5)17-18-39(7)23(29(22)37)9-10-28-38(6)15-12-27(36(3,4)26(38)13-16-40(28,39)8)41(48)32(46)34(47)50-25(19-42)33(41)51-35-31(45)30(44)24(43)20-49-35/h22-35,42-48H,1,9-20H2,2-8H3/t22-,23+,24+,25+,26-,27?,28?,29+,30-,31+,32-,33+,34+,35-,37+,38-,39+,40+,41-/m0/s1. The van der Waals surface area contributed by atoms with Crippen LogP contribution in [0.25, 0.3) is 0 Å². The SMILES string of the molecule is C=C(C)[C@@H]1CC[C@]2(C)CC[C@]3(C)[C@H](CCC4[C@@]5(C)CCC([C@@]6(O)[C@H](O[C@@H]7OC[C@@H](O)[C@H](O)[C@H]7O)[C@@H](CO)O[C@@H](O)[C@@H]6O)C(C)(C)[C@@H]5CC[C@]43C)[C@@H]12. The average molecular weight is 721 g/mol. The van der Waals surface area contributed by atoms with E-state index in [1.807, 2.05) is 0 Å². The molecule has 0 aromatic heterocycles. The highest BCUT2D eigenvalue weighted by atomic mass is 16.7. The first kappa shape index (κ1) is 38.6. The Kier molecular flexibility index (Phi) is 9.60. The maximum absolute atomic E-state index is 12.9. The summed E-state index contributed by atoms with van der Waals surface area (Å²) >= 11 is 0. The number of fused-ring (bicyclic) bond motifs is 7. The van der Waals surface area contributed by atoms with Crippen molar-refractivity contribution in [2.45, 2.75) is 167 Å². The predicted octanol–water partition coefficient (Wildman–Crippen LogP) is 3.91. The Morgan fingerprint density at radius 3 is 2.14 bits per heavy atom. The normalized spacial score (nSPS) is 58.2. The molecule has 0 aromatic rings. The van der Waals surface area contributed by atoms with Gasteiger partial charge in [-0.15, -0.1) is 0 Å². The third-order valence-electron chi connectivity index (χ3n) is 17.8. The summed E-state index contributed by atoms with van der Waals surface area (Å²) in [6.45, 7) is 20.5. The lowest BCUT2D eigenvalue weighted by atomic mass is 9.31. The van der Waals surface area contributed by atoms with E-state index in [1.165, 1.54) is 44.1 Å². The molecule has 0 spiro atoms. The molecule has 0 aromatic carbocycles. The summed E-state index contributed by atoms with van der Waals surface area (Å²) in [5.41, 5.74) is -0.526.